The van der Waals surface area contributed by atoms with Crippen LogP contribution in [0.1, 0.15) is 24.8 Å². The lowest BCUT2D eigenvalue weighted by atomic mass is 9.72. The van der Waals surface area contributed by atoms with Gasteiger partial charge in [0.2, 0.25) is 12.0 Å². The highest BCUT2D eigenvalue weighted by molar-refractivity contribution is 5.82. The van der Waals surface area contributed by atoms with Gasteiger partial charge in [-0.15, -0.1) is 0 Å². The van der Waals surface area contributed by atoms with E-state index >= 15 is 0 Å². The summed E-state index contributed by atoms with van der Waals surface area (Å²) in [7, 11) is 1.83. The third-order valence-electron chi connectivity index (χ3n) is 4.67. The van der Waals surface area contributed by atoms with Gasteiger partial charge in [0.15, 0.2) is 0 Å². The Morgan fingerprint density at radius 3 is 2.43 bits per heavy atom. The van der Waals surface area contributed by atoms with Crippen LogP contribution in [0.3, 0.4) is 0 Å². The lowest BCUT2D eigenvalue weighted by Crippen LogP contribution is -2.48. The largest absolute Gasteiger partial charge is 0.360 e. The van der Waals surface area contributed by atoms with Gasteiger partial charge < -0.3 is 9.80 Å². The first-order valence-electron chi connectivity index (χ1n) is 7.33. The van der Waals surface area contributed by atoms with Crippen molar-refractivity contribution in [3.05, 3.63) is 29.8 Å². The van der Waals surface area contributed by atoms with E-state index in [0.29, 0.717) is 6.54 Å². The summed E-state index contributed by atoms with van der Waals surface area (Å²) in [6.07, 6.45) is 4.63. The van der Waals surface area contributed by atoms with Crippen LogP contribution in [-0.2, 0) is 15.1 Å². The first kappa shape index (κ1) is 13.8. The summed E-state index contributed by atoms with van der Waals surface area (Å²) >= 11 is 0. The first-order valence-corrected chi connectivity index (χ1v) is 7.33. The van der Waals surface area contributed by atoms with Gasteiger partial charge in [-0.1, -0.05) is 12.1 Å². The summed E-state index contributed by atoms with van der Waals surface area (Å²) in [5, 5.41) is 0. The fourth-order valence-electron chi connectivity index (χ4n) is 3.03. The molecule has 1 saturated carbocycles. The predicted molar refractivity (Wildman–Crippen MR) is 79.9 cm³/mol. The molecule has 0 bridgehead atoms. The number of likely N-dealkylation sites (N-methyl/N-ethyl adjacent to an activating group) is 1. The molecule has 0 radical (unpaired) electrons. The number of piperazine rings is 1. The number of rotatable bonds is 3. The minimum atomic E-state index is -0.349. The molecule has 0 atom stereocenters. The van der Waals surface area contributed by atoms with E-state index in [0.717, 1.165) is 43.6 Å². The van der Waals surface area contributed by atoms with Gasteiger partial charge in [-0.25, -0.2) is 4.79 Å². The van der Waals surface area contributed by atoms with E-state index in [2.05, 4.69) is 9.89 Å². The number of aliphatic imine (C=N–C) groups is 1. The summed E-state index contributed by atoms with van der Waals surface area (Å²) < 4.78 is 0. The molecule has 21 heavy (non-hydrogen) atoms. The average Bonchev–Trinajstić information content (AvgIpc) is 2.46. The molecule has 1 aromatic carbocycles. The second-order valence-corrected chi connectivity index (χ2v) is 5.87. The third-order valence-corrected chi connectivity index (χ3v) is 4.67. The Balaban J connectivity index is 1.78. The van der Waals surface area contributed by atoms with Gasteiger partial charge in [-0.3, -0.25) is 4.79 Å². The zero-order valence-corrected chi connectivity index (χ0v) is 12.2. The molecule has 1 amide bonds. The van der Waals surface area contributed by atoms with Gasteiger partial charge in [0.1, 0.15) is 0 Å². The zero-order chi connectivity index (χ0) is 14.9. The Kier molecular flexibility index (Phi) is 3.52. The number of hydrogen-bond donors (Lipinski definition) is 0. The van der Waals surface area contributed by atoms with Crippen LogP contribution in [0, 0.1) is 0 Å². The molecule has 1 aliphatic heterocycles. The monoisotopic (exact) mass is 285 g/mol. The number of hydrogen-bond acceptors (Lipinski definition) is 4. The summed E-state index contributed by atoms with van der Waals surface area (Å²) in [4.78, 5) is 30.3. The van der Waals surface area contributed by atoms with E-state index in [1.54, 1.807) is 11.0 Å². The second-order valence-electron chi connectivity index (χ2n) is 5.87. The van der Waals surface area contributed by atoms with Crippen molar-refractivity contribution < 1.29 is 9.59 Å². The number of carbonyl (C=O) groups excluding carboxylic acids is 2. The van der Waals surface area contributed by atoms with Crippen molar-refractivity contribution in [3.63, 3.8) is 0 Å². The van der Waals surface area contributed by atoms with Gasteiger partial charge in [0.25, 0.3) is 0 Å². The predicted octanol–water partition coefficient (Wildman–Crippen LogP) is 1.68. The standard InChI is InChI=1S/C16H19N3O2/c1-18-9-10-19(11-15(18)21)14-5-3-13(4-6-14)16(17-12-20)7-2-8-16/h3-6H,2,7-11H2,1H3. The molecule has 1 saturated heterocycles. The summed E-state index contributed by atoms with van der Waals surface area (Å²) in [6, 6.07) is 8.10. The molecule has 1 aliphatic carbocycles. The summed E-state index contributed by atoms with van der Waals surface area (Å²) in [5.41, 5.74) is 1.77. The number of benzene rings is 1. The number of carbonyl (C=O) groups is 1. The molecular weight excluding hydrogens is 266 g/mol. The molecule has 1 heterocycles. The van der Waals surface area contributed by atoms with Crippen molar-refractivity contribution in [2.75, 3.05) is 31.6 Å². The van der Waals surface area contributed by atoms with Crippen LogP contribution in [0.15, 0.2) is 29.3 Å². The maximum absolute atomic E-state index is 11.8. The Bertz CT molecular complexity index is 586. The molecule has 1 aromatic rings. The van der Waals surface area contributed by atoms with Crippen molar-refractivity contribution >= 4 is 17.7 Å². The van der Waals surface area contributed by atoms with Gasteiger partial charge in [-0.05, 0) is 37.0 Å². The molecule has 0 unspecified atom stereocenters. The summed E-state index contributed by atoms with van der Waals surface area (Å²) in [6.45, 7) is 2.02. The van der Waals surface area contributed by atoms with Gasteiger partial charge >= 0.3 is 0 Å². The van der Waals surface area contributed by atoms with Gasteiger partial charge in [-0.2, -0.15) is 4.99 Å². The van der Waals surface area contributed by atoms with Crippen LogP contribution in [0.25, 0.3) is 0 Å². The maximum atomic E-state index is 11.8. The van der Waals surface area contributed by atoms with Crippen molar-refractivity contribution in [3.8, 4) is 0 Å². The maximum Gasteiger partial charge on any atom is 0.241 e. The van der Waals surface area contributed by atoms with E-state index < -0.39 is 0 Å². The van der Waals surface area contributed by atoms with E-state index in [9.17, 15) is 9.59 Å². The van der Waals surface area contributed by atoms with Crippen molar-refractivity contribution in [1.82, 2.24) is 4.90 Å². The normalized spacial score (nSPS) is 20.7. The van der Waals surface area contributed by atoms with E-state index in [1.165, 1.54) is 0 Å². The van der Waals surface area contributed by atoms with Crippen molar-refractivity contribution in [2.24, 2.45) is 4.99 Å². The Labute approximate surface area is 124 Å². The lowest BCUT2D eigenvalue weighted by Gasteiger charge is -2.38. The Morgan fingerprint density at radius 1 is 1.19 bits per heavy atom. The summed E-state index contributed by atoms with van der Waals surface area (Å²) in [5.74, 6) is 0.145. The Morgan fingerprint density at radius 2 is 1.90 bits per heavy atom. The topological polar surface area (TPSA) is 53.0 Å². The van der Waals surface area contributed by atoms with Crippen LogP contribution in [0.5, 0.6) is 0 Å². The minimum Gasteiger partial charge on any atom is -0.360 e. The fraction of sp³-hybridized carbons (Fsp3) is 0.500. The molecule has 2 aliphatic rings. The molecule has 2 fully saturated rings. The highest BCUT2D eigenvalue weighted by Crippen LogP contribution is 2.44. The van der Waals surface area contributed by atoms with Crippen molar-refractivity contribution in [2.45, 2.75) is 24.8 Å². The van der Waals surface area contributed by atoms with Gasteiger partial charge in [0.05, 0.1) is 12.1 Å². The number of anilines is 1. The quantitative estimate of drug-likeness (QED) is 0.627. The molecule has 0 N–H and O–H groups in total. The molecular formula is C16H19N3O2. The molecule has 5 heteroatoms. The average molecular weight is 285 g/mol. The fourth-order valence-corrected chi connectivity index (χ4v) is 3.03. The minimum absolute atomic E-state index is 0.145. The number of isocyanates is 1. The number of nitrogens with zero attached hydrogens (tertiary/aromatic N) is 3. The van der Waals surface area contributed by atoms with E-state index in [-0.39, 0.29) is 11.4 Å². The highest BCUT2D eigenvalue weighted by atomic mass is 16.2. The third kappa shape index (κ3) is 2.45. The van der Waals surface area contributed by atoms with Crippen LogP contribution in [-0.4, -0.2) is 43.6 Å². The van der Waals surface area contributed by atoms with Crippen LogP contribution in [0.2, 0.25) is 0 Å². The van der Waals surface area contributed by atoms with E-state index in [1.807, 2.05) is 31.3 Å². The van der Waals surface area contributed by atoms with E-state index in [4.69, 9.17) is 0 Å². The van der Waals surface area contributed by atoms with Crippen LogP contribution in [0.4, 0.5) is 5.69 Å². The van der Waals surface area contributed by atoms with Crippen LogP contribution >= 0.6 is 0 Å². The highest BCUT2D eigenvalue weighted by Gasteiger charge is 2.38. The molecule has 5 nitrogen and oxygen atoms in total. The van der Waals surface area contributed by atoms with Crippen molar-refractivity contribution in [1.29, 1.82) is 0 Å². The molecule has 110 valence electrons. The zero-order valence-electron chi connectivity index (χ0n) is 12.2. The second kappa shape index (κ2) is 5.34. The molecule has 0 spiro atoms. The Hall–Kier alpha value is -2.13. The molecule has 3 rings (SSSR count). The first-order chi connectivity index (χ1) is 10.1. The lowest BCUT2D eigenvalue weighted by molar-refractivity contribution is -0.129. The SMILES string of the molecule is CN1CCN(c2ccc(C3(N=C=O)CCC3)cc2)CC1=O. The van der Waals surface area contributed by atoms with Gasteiger partial charge in [0, 0.05) is 25.8 Å². The smallest absolute Gasteiger partial charge is 0.241 e. The molecule has 0 aromatic heterocycles. The number of amides is 1. The van der Waals surface area contributed by atoms with Crippen LogP contribution < -0.4 is 4.90 Å².